The van der Waals surface area contributed by atoms with Crippen molar-refractivity contribution in [1.29, 1.82) is 0 Å². The molecule has 1 heterocycles. The Labute approximate surface area is 116 Å². The third-order valence-electron chi connectivity index (χ3n) is 5.22. The van der Waals surface area contributed by atoms with Gasteiger partial charge in [-0.3, -0.25) is 0 Å². The Balaban J connectivity index is 1.52. The van der Waals surface area contributed by atoms with Crippen LogP contribution in [0.25, 0.3) is 0 Å². The molecule has 4 rings (SSSR count). The molecular formula is C13H16N2O4S. The minimum absolute atomic E-state index is 0.00669. The van der Waals surface area contributed by atoms with Crippen LogP contribution in [0, 0.1) is 23.7 Å². The number of hydrogen-bond donors (Lipinski definition) is 3. The van der Waals surface area contributed by atoms with Crippen molar-refractivity contribution in [2.75, 3.05) is 0 Å². The number of aromatic carboxylic acids is 1. The fraction of sp³-hybridized carbons (Fsp3) is 0.615. The predicted octanol–water partition coefficient (Wildman–Crippen LogP) is 1.04. The van der Waals surface area contributed by atoms with Gasteiger partial charge in [0.1, 0.15) is 10.6 Å². The van der Waals surface area contributed by atoms with Gasteiger partial charge in [-0.1, -0.05) is 0 Å². The molecule has 0 aromatic carbocycles. The molecule has 108 valence electrons. The smallest absolute Gasteiger partial charge is 0.352 e. The van der Waals surface area contributed by atoms with Crippen LogP contribution >= 0.6 is 0 Å². The van der Waals surface area contributed by atoms with Gasteiger partial charge in [-0.15, -0.1) is 0 Å². The van der Waals surface area contributed by atoms with E-state index in [1.165, 1.54) is 25.5 Å². The van der Waals surface area contributed by atoms with Crippen molar-refractivity contribution in [2.45, 2.75) is 30.2 Å². The van der Waals surface area contributed by atoms with E-state index in [0.717, 1.165) is 6.07 Å². The third-order valence-corrected chi connectivity index (χ3v) is 6.66. The number of hydrogen-bond acceptors (Lipinski definition) is 3. The van der Waals surface area contributed by atoms with Gasteiger partial charge >= 0.3 is 5.97 Å². The van der Waals surface area contributed by atoms with Gasteiger partial charge in [-0.25, -0.2) is 17.9 Å². The topological polar surface area (TPSA) is 99.3 Å². The quantitative estimate of drug-likeness (QED) is 0.773. The average Bonchev–Trinajstić information content (AvgIpc) is 2.88. The minimum atomic E-state index is -3.62. The van der Waals surface area contributed by atoms with Gasteiger partial charge in [0.25, 0.3) is 0 Å². The summed E-state index contributed by atoms with van der Waals surface area (Å²) in [6.07, 6.45) is 4.97. The number of fused-ring (bicyclic) bond motifs is 5. The van der Waals surface area contributed by atoms with E-state index in [1.54, 1.807) is 0 Å². The van der Waals surface area contributed by atoms with Crippen LogP contribution in [0.15, 0.2) is 17.2 Å². The van der Waals surface area contributed by atoms with Crippen molar-refractivity contribution < 1.29 is 18.3 Å². The van der Waals surface area contributed by atoms with E-state index in [1.807, 2.05) is 0 Å². The third kappa shape index (κ3) is 1.66. The highest BCUT2D eigenvalue weighted by molar-refractivity contribution is 7.89. The lowest BCUT2D eigenvalue weighted by Gasteiger charge is -2.10. The van der Waals surface area contributed by atoms with Crippen LogP contribution in [0.1, 0.15) is 29.8 Å². The summed E-state index contributed by atoms with van der Waals surface area (Å²) < 4.78 is 27.3. The monoisotopic (exact) mass is 296 g/mol. The Bertz CT molecular complexity index is 664. The van der Waals surface area contributed by atoms with Gasteiger partial charge in [-0.2, -0.15) is 0 Å². The van der Waals surface area contributed by atoms with E-state index < -0.39 is 16.0 Å². The molecule has 1 aromatic rings. The maximum atomic E-state index is 12.3. The van der Waals surface area contributed by atoms with Crippen LogP contribution in [-0.2, 0) is 10.0 Å². The molecule has 20 heavy (non-hydrogen) atoms. The number of rotatable bonds is 4. The van der Waals surface area contributed by atoms with Gasteiger partial charge in [0.15, 0.2) is 0 Å². The summed E-state index contributed by atoms with van der Waals surface area (Å²) in [6, 6.07) is 1.23. The van der Waals surface area contributed by atoms with Crippen LogP contribution in [0.3, 0.4) is 0 Å². The lowest BCUT2D eigenvalue weighted by Crippen LogP contribution is -2.29. The Kier molecular flexibility index (Phi) is 2.39. The number of sulfonamides is 1. The second kappa shape index (κ2) is 3.85. The van der Waals surface area contributed by atoms with Crippen molar-refractivity contribution in [3.63, 3.8) is 0 Å². The van der Waals surface area contributed by atoms with Crippen molar-refractivity contribution in [3.8, 4) is 0 Å². The molecule has 3 aliphatic rings. The number of nitrogens with one attached hydrogen (secondary N) is 2. The number of carboxylic acid groups (broad SMARTS) is 1. The van der Waals surface area contributed by atoms with Gasteiger partial charge in [-0.05, 0) is 49.0 Å². The summed E-state index contributed by atoms with van der Waals surface area (Å²) in [6.45, 7) is 0. The van der Waals surface area contributed by atoms with Crippen LogP contribution in [-0.4, -0.2) is 30.5 Å². The lowest BCUT2D eigenvalue weighted by molar-refractivity contribution is 0.0691. The van der Waals surface area contributed by atoms with Crippen molar-refractivity contribution in [3.05, 3.63) is 18.0 Å². The Morgan fingerprint density at radius 1 is 1.30 bits per heavy atom. The van der Waals surface area contributed by atoms with Crippen LogP contribution in [0.4, 0.5) is 0 Å². The number of H-pyrrole nitrogens is 1. The summed E-state index contributed by atoms with van der Waals surface area (Å²) in [5.74, 6) is 1.26. The largest absolute Gasteiger partial charge is 0.477 e. The predicted molar refractivity (Wildman–Crippen MR) is 69.7 cm³/mol. The molecule has 6 nitrogen and oxygen atoms in total. The molecule has 3 fully saturated rings. The van der Waals surface area contributed by atoms with Gasteiger partial charge in [0.2, 0.25) is 10.0 Å². The number of carboxylic acids is 1. The lowest BCUT2D eigenvalue weighted by atomic mass is 10.0. The molecule has 0 spiro atoms. The number of aromatic nitrogens is 1. The molecule has 0 amide bonds. The molecule has 4 atom stereocenters. The molecule has 3 saturated carbocycles. The minimum Gasteiger partial charge on any atom is -0.477 e. The van der Waals surface area contributed by atoms with Crippen molar-refractivity contribution in [1.82, 2.24) is 9.71 Å². The summed E-state index contributed by atoms with van der Waals surface area (Å²) in [4.78, 5) is 13.3. The van der Waals surface area contributed by atoms with E-state index in [0.29, 0.717) is 23.7 Å². The molecular weight excluding hydrogens is 280 g/mol. The second-order valence-electron chi connectivity index (χ2n) is 6.19. The highest BCUT2D eigenvalue weighted by Gasteiger charge is 2.65. The molecule has 2 bridgehead atoms. The SMILES string of the molecule is O=C(O)c1cc(S(=O)(=O)NC2C3C4CCC(C4)C23)c[nH]1. The molecule has 0 aliphatic heterocycles. The van der Waals surface area contributed by atoms with E-state index in [4.69, 9.17) is 5.11 Å². The Hall–Kier alpha value is -1.34. The molecule has 4 unspecified atom stereocenters. The maximum absolute atomic E-state index is 12.3. The van der Waals surface area contributed by atoms with E-state index in [-0.39, 0.29) is 16.6 Å². The fourth-order valence-electron chi connectivity index (χ4n) is 4.38. The molecule has 7 heteroatoms. The Morgan fingerprint density at radius 2 is 1.95 bits per heavy atom. The highest BCUT2D eigenvalue weighted by atomic mass is 32.2. The summed E-state index contributed by atoms with van der Waals surface area (Å²) in [5, 5.41) is 8.82. The number of carbonyl (C=O) groups is 1. The van der Waals surface area contributed by atoms with Gasteiger partial charge in [0, 0.05) is 12.2 Å². The first kappa shape index (κ1) is 12.4. The van der Waals surface area contributed by atoms with E-state index in [2.05, 4.69) is 9.71 Å². The molecule has 3 N–H and O–H groups in total. The standard InChI is InChI=1S/C13H16N2O4S/c16-13(17)9-4-8(5-14-9)20(18,19)15-12-10-6-1-2-7(3-6)11(10)12/h4-7,10-12,14-15H,1-3H2,(H,16,17). The van der Waals surface area contributed by atoms with Crippen LogP contribution < -0.4 is 4.72 Å². The van der Waals surface area contributed by atoms with E-state index in [9.17, 15) is 13.2 Å². The molecule has 3 aliphatic carbocycles. The molecule has 0 saturated heterocycles. The van der Waals surface area contributed by atoms with Gasteiger partial charge in [0.05, 0.1) is 0 Å². The normalized spacial score (nSPS) is 37.9. The molecule has 1 aromatic heterocycles. The van der Waals surface area contributed by atoms with Crippen molar-refractivity contribution >= 4 is 16.0 Å². The maximum Gasteiger partial charge on any atom is 0.352 e. The zero-order valence-corrected chi connectivity index (χ0v) is 11.6. The number of aromatic amines is 1. The zero-order chi connectivity index (χ0) is 14.1. The average molecular weight is 296 g/mol. The summed E-state index contributed by atoms with van der Waals surface area (Å²) in [7, 11) is -3.62. The van der Waals surface area contributed by atoms with E-state index >= 15 is 0 Å². The first-order valence-corrected chi connectivity index (χ1v) is 8.40. The van der Waals surface area contributed by atoms with Crippen molar-refractivity contribution in [2.24, 2.45) is 23.7 Å². The summed E-state index contributed by atoms with van der Waals surface area (Å²) in [5.41, 5.74) is -0.110. The van der Waals surface area contributed by atoms with Gasteiger partial charge < -0.3 is 10.1 Å². The van der Waals surface area contributed by atoms with Crippen LogP contribution in [0.5, 0.6) is 0 Å². The fourth-order valence-corrected chi connectivity index (χ4v) is 5.68. The molecule has 0 radical (unpaired) electrons. The second-order valence-corrected chi connectivity index (χ2v) is 7.90. The highest BCUT2D eigenvalue weighted by Crippen LogP contribution is 2.65. The summed E-state index contributed by atoms with van der Waals surface area (Å²) >= 11 is 0. The first-order chi connectivity index (χ1) is 9.47. The Morgan fingerprint density at radius 3 is 2.50 bits per heavy atom. The zero-order valence-electron chi connectivity index (χ0n) is 10.7. The first-order valence-electron chi connectivity index (χ1n) is 6.91. The van der Waals surface area contributed by atoms with Crippen LogP contribution in [0.2, 0.25) is 0 Å².